The van der Waals surface area contributed by atoms with Gasteiger partial charge >= 0.3 is 0 Å². The topological polar surface area (TPSA) is 85.2 Å². The van der Waals surface area contributed by atoms with Gasteiger partial charge in [-0.2, -0.15) is 15.2 Å². The van der Waals surface area contributed by atoms with Crippen molar-refractivity contribution in [1.29, 1.82) is 5.26 Å². The Morgan fingerprint density at radius 1 is 0.943 bits per heavy atom. The number of aryl methyl sites for hydroxylation is 2. The fourth-order valence-corrected chi connectivity index (χ4v) is 4.80. The number of benzene rings is 3. The zero-order valence-corrected chi connectivity index (χ0v) is 20.3. The Hall–Kier alpha value is -4.22. The van der Waals surface area contributed by atoms with Crippen LogP contribution >= 0.6 is 11.8 Å². The van der Waals surface area contributed by atoms with Crippen molar-refractivity contribution < 1.29 is 0 Å². The van der Waals surface area contributed by atoms with Gasteiger partial charge in [-0.1, -0.05) is 54.6 Å². The summed E-state index contributed by atoms with van der Waals surface area (Å²) >= 11 is 1.71. The molecule has 0 amide bonds. The molecule has 0 unspecified atom stereocenters. The van der Waals surface area contributed by atoms with Crippen LogP contribution in [0.3, 0.4) is 0 Å². The zero-order chi connectivity index (χ0) is 24.2. The van der Waals surface area contributed by atoms with E-state index in [0.29, 0.717) is 17.9 Å². The molecule has 7 nitrogen and oxygen atoms in total. The van der Waals surface area contributed by atoms with Crippen LogP contribution in [0, 0.1) is 25.2 Å². The van der Waals surface area contributed by atoms with Crippen molar-refractivity contribution in [3.05, 3.63) is 107 Å². The number of hydrogen-bond donors (Lipinski definition) is 0. The summed E-state index contributed by atoms with van der Waals surface area (Å²) in [5.74, 6) is 1.33. The molecular formula is C27H23N7S. The van der Waals surface area contributed by atoms with E-state index in [1.165, 1.54) is 11.1 Å². The monoisotopic (exact) mass is 477 g/mol. The second kappa shape index (κ2) is 9.95. The number of thioether (sulfide) groups is 1. The number of nitriles is 1. The first-order valence-corrected chi connectivity index (χ1v) is 12.2. The van der Waals surface area contributed by atoms with Crippen molar-refractivity contribution in [3.8, 4) is 23.1 Å². The van der Waals surface area contributed by atoms with Crippen molar-refractivity contribution in [3.63, 3.8) is 0 Å². The van der Waals surface area contributed by atoms with Crippen LogP contribution in [-0.4, -0.2) is 30.0 Å². The van der Waals surface area contributed by atoms with Gasteiger partial charge in [-0.3, -0.25) is 0 Å². The highest BCUT2D eigenvalue weighted by Crippen LogP contribution is 2.34. The number of rotatable bonds is 7. The van der Waals surface area contributed by atoms with Crippen LogP contribution < -0.4 is 0 Å². The van der Waals surface area contributed by atoms with Gasteiger partial charge < -0.3 is 0 Å². The van der Waals surface area contributed by atoms with Crippen molar-refractivity contribution in [2.75, 3.05) is 0 Å². The summed E-state index contributed by atoms with van der Waals surface area (Å²) in [5.41, 5.74) is 7.05. The van der Waals surface area contributed by atoms with E-state index < -0.39 is 0 Å². The molecule has 0 fully saturated rings. The molecule has 2 aromatic heterocycles. The fourth-order valence-electron chi connectivity index (χ4n) is 3.74. The van der Waals surface area contributed by atoms with Crippen LogP contribution in [0.1, 0.15) is 27.8 Å². The van der Waals surface area contributed by atoms with E-state index >= 15 is 0 Å². The van der Waals surface area contributed by atoms with Crippen LogP contribution in [0.15, 0.2) is 84.0 Å². The molecule has 0 aliphatic carbocycles. The van der Waals surface area contributed by atoms with E-state index in [4.69, 9.17) is 10.4 Å². The van der Waals surface area contributed by atoms with E-state index in [1.807, 2.05) is 29.1 Å². The lowest BCUT2D eigenvalue weighted by Crippen LogP contribution is -2.04. The molecule has 0 N–H and O–H groups in total. The van der Waals surface area contributed by atoms with E-state index in [1.54, 1.807) is 28.7 Å². The first-order valence-electron chi connectivity index (χ1n) is 11.2. The summed E-state index contributed by atoms with van der Waals surface area (Å²) in [6.45, 7) is 4.64. The van der Waals surface area contributed by atoms with E-state index in [0.717, 1.165) is 33.2 Å². The number of nitrogens with zero attached hydrogens (tertiary/aromatic N) is 7. The third kappa shape index (κ3) is 5.00. The fraction of sp³-hybridized carbons (Fsp3) is 0.148. The van der Waals surface area contributed by atoms with Crippen LogP contribution in [-0.2, 0) is 12.3 Å². The first-order chi connectivity index (χ1) is 17.1. The Morgan fingerprint density at radius 3 is 2.51 bits per heavy atom. The molecule has 0 atom stereocenters. The molecule has 35 heavy (non-hydrogen) atoms. The molecule has 0 bridgehead atoms. The van der Waals surface area contributed by atoms with Crippen LogP contribution in [0.25, 0.3) is 17.1 Å². The normalized spacial score (nSPS) is 10.9. The minimum absolute atomic E-state index is 0.469. The standard InChI is InChI=1S/C27H23N7S/c1-19-8-9-20(2)25(14-19)34-27(35-18-23-6-4-3-5-7-23)24(16-29-34)26-30-32-33(31-26)17-22-12-10-21(15-28)11-13-22/h3-14,16H,17-18H2,1-2H3. The molecule has 5 aromatic rings. The highest BCUT2D eigenvalue weighted by molar-refractivity contribution is 7.98. The number of hydrogen-bond acceptors (Lipinski definition) is 6. The molecular weight excluding hydrogens is 454 g/mol. The molecule has 5 rings (SSSR count). The van der Waals surface area contributed by atoms with Crippen LogP contribution in [0.5, 0.6) is 0 Å². The van der Waals surface area contributed by atoms with Gasteiger partial charge in [0.05, 0.1) is 35.6 Å². The lowest BCUT2D eigenvalue weighted by atomic mass is 10.1. The van der Waals surface area contributed by atoms with Gasteiger partial charge in [0.2, 0.25) is 5.82 Å². The molecule has 8 heteroatoms. The highest BCUT2D eigenvalue weighted by atomic mass is 32.2. The summed E-state index contributed by atoms with van der Waals surface area (Å²) in [6, 6.07) is 26.3. The van der Waals surface area contributed by atoms with Crippen molar-refractivity contribution in [2.24, 2.45) is 0 Å². The van der Waals surface area contributed by atoms with Crippen LogP contribution in [0.4, 0.5) is 0 Å². The third-order valence-corrected chi connectivity index (χ3v) is 6.78. The average molecular weight is 478 g/mol. The Bertz CT molecular complexity index is 1500. The second-order valence-corrected chi connectivity index (χ2v) is 9.26. The summed E-state index contributed by atoms with van der Waals surface area (Å²) in [6.07, 6.45) is 1.82. The molecule has 172 valence electrons. The Labute approximate surface area is 208 Å². The molecule has 0 aliphatic heterocycles. The summed E-state index contributed by atoms with van der Waals surface area (Å²) in [4.78, 5) is 1.57. The minimum atomic E-state index is 0.469. The maximum absolute atomic E-state index is 9.01. The quantitative estimate of drug-likeness (QED) is 0.294. The molecule has 0 saturated carbocycles. The first kappa shape index (κ1) is 22.6. The van der Waals surface area contributed by atoms with Crippen LogP contribution in [0.2, 0.25) is 0 Å². The lowest BCUT2D eigenvalue weighted by Gasteiger charge is -2.12. The molecule has 0 saturated heterocycles. The lowest BCUT2D eigenvalue weighted by molar-refractivity contribution is 0.573. The van der Waals surface area contributed by atoms with Gasteiger partial charge in [0.15, 0.2) is 0 Å². The van der Waals surface area contributed by atoms with Gasteiger partial charge in [0.25, 0.3) is 0 Å². The van der Waals surface area contributed by atoms with E-state index in [2.05, 4.69) is 77.8 Å². The average Bonchev–Trinajstić information content (AvgIpc) is 3.52. The van der Waals surface area contributed by atoms with E-state index in [9.17, 15) is 0 Å². The van der Waals surface area contributed by atoms with Crippen molar-refractivity contribution in [1.82, 2.24) is 30.0 Å². The maximum Gasteiger partial charge on any atom is 0.209 e. The SMILES string of the molecule is Cc1ccc(C)c(-n2ncc(-c3nnn(Cc4ccc(C#N)cc4)n3)c2SCc2ccccc2)c1. The second-order valence-electron chi connectivity index (χ2n) is 8.29. The van der Waals surface area contributed by atoms with Gasteiger partial charge in [0, 0.05) is 5.75 Å². The van der Waals surface area contributed by atoms with Gasteiger partial charge in [-0.25, -0.2) is 4.68 Å². The Morgan fingerprint density at radius 2 is 1.74 bits per heavy atom. The smallest absolute Gasteiger partial charge is 0.209 e. The molecule has 2 heterocycles. The largest absolute Gasteiger partial charge is 0.226 e. The Balaban J connectivity index is 1.49. The van der Waals surface area contributed by atoms with Crippen molar-refractivity contribution in [2.45, 2.75) is 31.2 Å². The summed E-state index contributed by atoms with van der Waals surface area (Å²) in [7, 11) is 0. The summed E-state index contributed by atoms with van der Waals surface area (Å²) in [5, 5.41) is 28.0. The zero-order valence-electron chi connectivity index (χ0n) is 19.5. The van der Waals surface area contributed by atoms with E-state index in [-0.39, 0.29) is 0 Å². The predicted octanol–water partition coefficient (Wildman–Crippen LogP) is 5.35. The molecule has 0 spiro atoms. The minimum Gasteiger partial charge on any atom is -0.226 e. The highest BCUT2D eigenvalue weighted by Gasteiger charge is 2.20. The van der Waals surface area contributed by atoms with Crippen molar-refractivity contribution >= 4 is 11.8 Å². The third-order valence-electron chi connectivity index (χ3n) is 5.64. The Kier molecular flexibility index (Phi) is 6.42. The van der Waals surface area contributed by atoms with Gasteiger partial charge in [-0.05, 0) is 59.5 Å². The molecule has 0 radical (unpaired) electrons. The number of tetrazole rings is 1. The number of aromatic nitrogens is 6. The van der Waals surface area contributed by atoms with Gasteiger partial charge in [0.1, 0.15) is 5.03 Å². The predicted molar refractivity (Wildman–Crippen MR) is 136 cm³/mol. The molecule has 3 aromatic carbocycles. The maximum atomic E-state index is 9.01. The summed E-state index contributed by atoms with van der Waals surface area (Å²) < 4.78 is 1.98. The molecule has 0 aliphatic rings. The van der Waals surface area contributed by atoms with Gasteiger partial charge in [-0.15, -0.1) is 22.0 Å².